The number of benzene rings is 3. The molecule has 0 atom stereocenters. The first kappa shape index (κ1) is 23.5. The number of fused-ring (bicyclic) bond motifs is 1. The minimum Gasteiger partial charge on any atom is -0.308 e. The van der Waals surface area contributed by atoms with Crippen molar-refractivity contribution in [2.75, 3.05) is 19.6 Å². The Labute approximate surface area is 207 Å². The maximum absolute atomic E-state index is 13.6. The number of halogens is 1. The molecule has 3 aromatic carbocycles. The highest BCUT2D eigenvalue weighted by molar-refractivity contribution is 5.85. The van der Waals surface area contributed by atoms with Crippen LogP contribution < -0.4 is 10.9 Å². The van der Waals surface area contributed by atoms with Gasteiger partial charge < -0.3 is 14.8 Å². The highest BCUT2D eigenvalue weighted by Crippen LogP contribution is 2.24. The van der Waals surface area contributed by atoms with Gasteiger partial charge in [0.2, 0.25) is 0 Å². The van der Waals surface area contributed by atoms with Gasteiger partial charge in [0.25, 0.3) is 5.56 Å². The van der Waals surface area contributed by atoms with Crippen molar-refractivity contribution in [3.05, 3.63) is 106 Å². The van der Waals surface area contributed by atoms with E-state index < -0.39 is 0 Å². The molecule has 5 rings (SSSR count). The summed E-state index contributed by atoms with van der Waals surface area (Å²) >= 11 is 0. The Morgan fingerprint density at radius 1 is 0.800 bits per heavy atom. The van der Waals surface area contributed by atoms with Crippen LogP contribution >= 0.6 is 0 Å². The Morgan fingerprint density at radius 2 is 1.57 bits per heavy atom. The molecule has 1 fully saturated rings. The largest absolute Gasteiger partial charge is 0.308 e. The molecule has 0 unspecified atom stereocenters. The molecule has 0 aliphatic carbocycles. The normalized spacial score (nSPS) is 14.4. The number of hydrogen-bond donors (Lipinski definition) is 1. The Morgan fingerprint density at radius 3 is 2.34 bits per heavy atom. The molecule has 35 heavy (non-hydrogen) atoms. The van der Waals surface area contributed by atoms with Crippen LogP contribution in [-0.4, -0.2) is 29.1 Å². The first-order valence-electron chi connectivity index (χ1n) is 12.6. The Kier molecular flexibility index (Phi) is 7.36. The van der Waals surface area contributed by atoms with E-state index in [1.807, 2.05) is 28.8 Å². The van der Waals surface area contributed by atoms with Crippen LogP contribution in [0.25, 0.3) is 22.0 Å². The summed E-state index contributed by atoms with van der Waals surface area (Å²) in [5.41, 5.74) is 5.05. The van der Waals surface area contributed by atoms with E-state index in [2.05, 4.69) is 40.5 Å². The van der Waals surface area contributed by atoms with Gasteiger partial charge in [0.05, 0.1) is 5.52 Å². The summed E-state index contributed by atoms with van der Waals surface area (Å²) in [5, 5.41) is 4.44. The molecule has 2 heterocycles. The number of aromatic nitrogens is 1. The van der Waals surface area contributed by atoms with Crippen LogP contribution in [-0.2, 0) is 19.6 Å². The SMILES string of the molecule is O=c1c(CNCc2ccc(F)cc2)cc2ccc(-c3ccccc3)cc2n1CCN1CCCCC1.[HH]. The Balaban J connectivity index is 0.00000304. The number of rotatable bonds is 8. The van der Waals surface area contributed by atoms with Crippen molar-refractivity contribution >= 4 is 10.9 Å². The quantitative estimate of drug-likeness (QED) is 0.351. The van der Waals surface area contributed by atoms with Crippen LogP contribution in [0.3, 0.4) is 0 Å². The molecule has 1 aliphatic rings. The van der Waals surface area contributed by atoms with Crippen molar-refractivity contribution in [2.24, 2.45) is 0 Å². The van der Waals surface area contributed by atoms with Gasteiger partial charge in [-0.3, -0.25) is 4.79 Å². The standard InChI is InChI=1S/C30H32FN3O.H2/c31-28-13-9-23(10-14-28)21-32-22-27-19-26-12-11-25(24-7-3-1-4-8-24)20-29(26)34(30(27)35)18-17-33-15-5-2-6-16-33;/h1,3-4,7-14,19-20,32H,2,5-6,15-18,21-22H2;1H. The Hall–Kier alpha value is -3.28. The van der Waals surface area contributed by atoms with Crippen molar-refractivity contribution in [2.45, 2.75) is 38.9 Å². The lowest BCUT2D eigenvalue weighted by molar-refractivity contribution is 0.221. The topological polar surface area (TPSA) is 37.3 Å². The van der Waals surface area contributed by atoms with Crippen molar-refractivity contribution < 1.29 is 5.82 Å². The van der Waals surface area contributed by atoms with E-state index >= 15 is 0 Å². The summed E-state index contributed by atoms with van der Waals surface area (Å²) in [7, 11) is 0. The van der Waals surface area contributed by atoms with Crippen molar-refractivity contribution in [1.29, 1.82) is 0 Å². The van der Waals surface area contributed by atoms with E-state index in [-0.39, 0.29) is 12.8 Å². The lowest BCUT2D eigenvalue weighted by Gasteiger charge is -2.27. The fourth-order valence-electron chi connectivity index (χ4n) is 4.96. The van der Waals surface area contributed by atoms with E-state index in [4.69, 9.17) is 0 Å². The minimum atomic E-state index is -0.241. The summed E-state index contributed by atoms with van der Waals surface area (Å²) in [4.78, 5) is 16.1. The number of pyridine rings is 1. The number of likely N-dealkylation sites (tertiary alicyclic amines) is 1. The molecule has 182 valence electrons. The number of hydrogen-bond acceptors (Lipinski definition) is 3. The zero-order chi connectivity index (χ0) is 24.0. The number of nitrogens with one attached hydrogen (secondary N) is 1. The van der Waals surface area contributed by atoms with Gasteiger partial charge in [-0.05, 0) is 72.3 Å². The molecular formula is C30H34FN3O. The second-order valence-electron chi connectivity index (χ2n) is 9.40. The number of nitrogens with zero attached hydrogens (tertiary/aromatic N) is 2. The van der Waals surface area contributed by atoms with Crippen molar-refractivity contribution in [1.82, 2.24) is 14.8 Å². The van der Waals surface area contributed by atoms with Crippen molar-refractivity contribution in [3.8, 4) is 11.1 Å². The minimum absolute atomic E-state index is 0. The fourth-order valence-corrected chi connectivity index (χ4v) is 4.96. The van der Waals surface area contributed by atoms with E-state index in [9.17, 15) is 9.18 Å². The molecule has 0 radical (unpaired) electrons. The summed E-state index contributed by atoms with van der Waals surface area (Å²) in [6.45, 7) is 4.84. The average molecular weight is 472 g/mol. The summed E-state index contributed by atoms with van der Waals surface area (Å²) < 4.78 is 15.2. The molecule has 1 aliphatic heterocycles. The highest BCUT2D eigenvalue weighted by Gasteiger charge is 2.14. The zero-order valence-electron chi connectivity index (χ0n) is 20.1. The van der Waals surface area contributed by atoms with Crippen LogP contribution in [0.2, 0.25) is 0 Å². The van der Waals surface area contributed by atoms with Gasteiger partial charge in [-0.15, -0.1) is 0 Å². The maximum Gasteiger partial charge on any atom is 0.255 e. The smallest absolute Gasteiger partial charge is 0.255 e. The van der Waals surface area contributed by atoms with E-state index in [1.54, 1.807) is 12.1 Å². The third-order valence-electron chi connectivity index (χ3n) is 6.92. The number of piperidine rings is 1. The van der Waals surface area contributed by atoms with Gasteiger partial charge in [-0.2, -0.15) is 0 Å². The maximum atomic E-state index is 13.6. The van der Waals surface area contributed by atoms with Crippen LogP contribution in [0.5, 0.6) is 0 Å². The van der Waals surface area contributed by atoms with E-state index in [1.165, 1.54) is 31.4 Å². The molecule has 1 aromatic heterocycles. The van der Waals surface area contributed by atoms with Gasteiger partial charge in [0.1, 0.15) is 5.82 Å². The third-order valence-corrected chi connectivity index (χ3v) is 6.92. The summed E-state index contributed by atoms with van der Waals surface area (Å²) in [5.74, 6) is -0.241. The summed E-state index contributed by atoms with van der Waals surface area (Å²) in [6.07, 6.45) is 3.78. The van der Waals surface area contributed by atoms with Gasteiger partial charge >= 0.3 is 0 Å². The van der Waals surface area contributed by atoms with Crippen LogP contribution in [0.15, 0.2) is 83.7 Å². The molecular weight excluding hydrogens is 437 g/mol. The predicted molar refractivity (Wildman–Crippen MR) is 143 cm³/mol. The molecule has 0 amide bonds. The second-order valence-corrected chi connectivity index (χ2v) is 9.40. The van der Waals surface area contributed by atoms with Gasteiger partial charge in [-0.25, -0.2) is 4.39 Å². The molecule has 1 saturated heterocycles. The van der Waals surface area contributed by atoms with Crippen LogP contribution in [0.4, 0.5) is 4.39 Å². The van der Waals surface area contributed by atoms with E-state index in [0.717, 1.165) is 52.8 Å². The lowest BCUT2D eigenvalue weighted by Crippen LogP contribution is -2.36. The molecule has 0 bridgehead atoms. The van der Waals surface area contributed by atoms with Gasteiger partial charge in [0, 0.05) is 33.2 Å². The first-order valence-corrected chi connectivity index (χ1v) is 12.6. The third kappa shape index (κ3) is 5.69. The first-order chi connectivity index (χ1) is 17.2. The fraction of sp³-hybridized carbons (Fsp3) is 0.300. The second kappa shape index (κ2) is 11.0. The Bertz CT molecular complexity index is 1330. The van der Waals surface area contributed by atoms with Crippen molar-refractivity contribution in [3.63, 3.8) is 0 Å². The van der Waals surface area contributed by atoms with Crippen LogP contribution in [0.1, 0.15) is 31.8 Å². The average Bonchev–Trinajstić information content (AvgIpc) is 2.90. The summed E-state index contributed by atoms with van der Waals surface area (Å²) in [6, 6.07) is 25.2. The highest BCUT2D eigenvalue weighted by atomic mass is 19.1. The van der Waals surface area contributed by atoms with Crippen LogP contribution in [0, 0.1) is 5.82 Å². The monoisotopic (exact) mass is 471 g/mol. The van der Waals surface area contributed by atoms with E-state index in [0.29, 0.717) is 19.6 Å². The molecule has 5 heteroatoms. The molecule has 0 spiro atoms. The predicted octanol–water partition coefficient (Wildman–Crippen LogP) is 5.83. The van der Waals surface area contributed by atoms with Gasteiger partial charge in [-0.1, -0.05) is 61.0 Å². The molecule has 0 saturated carbocycles. The molecule has 4 aromatic rings. The lowest BCUT2D eigenvalue weighted by atomic mass is 10.0. The van der Waals surface area contributed by atoms with Gasteiger partial charge in [0.15, 0.2) is 0 Å². The molecule has 4 nitrogen and oxygen atoms in total. The zero-order valence-corrected chi connectivity index (χ0v) is 20.1. The molecule has 1 N–H and O–H groups in total.